The number of aryl methyl sites for hydroxylation is 2. The molecule has 0 saturated heterocycles. The first-order valence-electron chi connectivity index (χ1n) is 11.5. The molecule has 0 aliphatic rings. The molecule has 9 nitrogen and oxygen atoms in total. The van der Waals surface area contributed by atoms with Crippen molar-refractivity contribution in [3.05, 3.63) is 82.7 Å². The fourth-order valence-corrected chi connectivity index (χ4v) is 4.67. The third-order valence-corrected chi connectivity index (χ3v) is 6.35. The molecule has 11 heteroatoms. The molecule has 0 unspecified atom stereocenters. The Labute approximate surface area is 218 Å². The van der Waals surface area contributed by atoms with E-state index in [0.29, 0.717) is 46.8 Å². The summed E-state index contributed by atoms with van der Waals surface area (Å²) in [6.45, 7) is 4.19. The SMILES string of the molecule is COc1ccc(CCNC(=O)c2nnn(-c3ccc(F)cc3)c2CSc2nc(C)cc(C)n2)cc1OC. The van der Waals surface area contributed by atoms with Crippen molar-refractivity contribution in [3.8, 4) is 17.2 Å². The van der Waals surface area contributed by atoms with Crippen molar-refractivity contribution in [2.24, 2.45) is 0 Å². The van der Waals surface area contributed by atoms with E-state index in [2.05, 4.69) is 25.6 Å². The van der Waals surface area contributed by atoms with Crippen molar-refractivity contribution in [2.75, 3.05) is 20.8 Å². The summed E-state index contributed by atoms with van der Waals surface area (Å²) < 4.78 is 25.7. The number of nitrogens with zero attached hydrogens (tertiary/aromatic N) is 5. The molecule has 1 amide bonds. The van der Waals surface area contributed by atoms with Gasteiger partial charge in [0.2, 0.25) is 0 Å². The molecule has 0 aliphatic carbocycles. The predicted octanol–water partition coefficient (Wildman–Crippen LogP) is 4.10. The van der Waals surface area contributed by atoms with Crippen LogP contribution in [0.5, 0.6) is 11.5 Å². The van der Waals surface area contributed by atoms with E-state index in [1.165, 1.54) is 23.9 Å². The second-order valence-electron chi connectivity index (χ2n) is 8.19. The number of ether oxygens (including phenoxy) is 2. The van der Waals surface area contributed by atoms with E-state index < -0.39 is 0 Å². The van der Waals surface area contributed by atoms with Gasteiger partial charge in [-0.15, -0.1) is 5.10 Å². The quantitative estimate of drug-likeness (QED) is 0.245. The number of hydrogen-bond donors (Lipinski definition) is 1. The summed E-state index contributed by atoms with van der Waals surface area (Å²) in [5.74, 6) is 0.887. The molecular formula is C26H27FN6O3S. The molecule has 0 atom stereocenters. The van der Waals surface area contributed by atoms with Crippen molar-refractivity contribution < 1.29 is 18.7 Å². The zero-order valence-corrected chi connectivity index (χ0v) is 21.8. The Morgan fingerprint density at radius 3 is 2.38 bits per heavy atom. The monoisotopic (exact) mass is 522 g/mol. The lowest BCUT2D eigenvalue weighted by molar-refractivity contribution is 0.0948. The molecule has 0 spiro atoms. The van der Waals surface area contributed by atoms with Crippen LogP contribution in [0.15, 0.2) is 53.7 Å². The van der Waals surface area contributed by atoms with Crippen LogP contribution in [0.3, 0.4) is 0 Å². The van der Waals surface area contributed by atoms with Crippen LogP contribution >= 0.6 is 11.8 Å². The van der Waals surface area contributed by atoms with Gasteiger partial charge in [0, 0.05) is 23.7 Å². The van der Waals surface area contributed by atoms with Crippen LogP contribution in [0.25, 0.3) is 5.69 Å². The van der Waals surface area contributed by atoms with Gasteiger partial charge in [-0.2, -0.15) is 0 Å². The zero-order chi connectivity index (χ0) is 26.4. The molecule has 0 fully saturated rings. The van der Waals surface area contributed by atoms with Gasteiger partial charge in [-0.1, -0.05) is 23.0 Å². The summed E-state index contributed by atoms with van der Waals surface area (Å²) >= 11 is 1.38. The van der Waals surface area contributed by atoms with Crippen molar-refractivity contribution in [2.45, 2.75) is 31.2 Å². The van der Waals surface area contributed by atoms with Crippen LogP contribution in [0.4, 0.5) is 4.39 Å². The van der Waals surface area contributed by atoms with E-state index in [0.717, 1.165) is 17.0 Å². The Hall–Kier alpha value is -3.99. The first-order chi connectivity index (χ1) is 17.9. The van der Waals surface area contributed by atoms with Crippen LogP contribution in [0.1, 0.15) is 33.1 Å². The summed E-state index contributed by atoms with van der Waals surface area (Å²) in [5.41, 5.74) is 4.03. The number of carbonyl (C=O) groups excluding carboxylic acids is 1. The number of carbonyl (C=O) groups is 1. The van der Waals surface area contributed by atoms with E-state index >= 15 is 0 Å². The fraction of sp³-hybridized carbons (Fsp3) is 0.269. The normalized spacial score (nSPS) is 10.8. The Bertz CT molecular complexity index is 1370. The van der Waals surface area contributed by atoms with Gasteiger partial charge in [-0.25, -0.2) is 19.0 Å². The third-order valence-electron chi connectivity index (χ3n) is 5.50. The topological polar surface area (TPSA) is 104 Å². The summed E-state index contributed by atoms with van der Waals surface area (Å²) in [4.78, 5) is 22.1. The molecule has 4 rings (SSSR count). The molecule has 2 aromatic heterocycles. The van der Waals surface area contributed by atoms with E-state index in [4.69, 9.17) is 9.47 Å². The number of thioether (sulfide) groups is 1. The minimum atomic E-state index is -0.364. The van der Waals surface area contributed by atoms with Crippen molar-refractivity contribution >= 4 is 17.7 Å². The molecule has 4 aromatic rings. The lowest BCUT2D eigenvalue weighted by atomic mass is 10.1. The highest BCUT2D eigenvalue weighted by Gasteiger charge is 2.21. The van der Waals surface area contributed by atoms with Crippen LogP contribution < -0.4 is 14.8 Å². The molecule has 37 heavy (non-hydrogen) atoms. The van der Waals surface area contributed by atoms with Gasteiger partial charge >= 0.3 is 0 Å². The number of methoxy groups -OCH3 is 2. The zero-order valence-electron chi connectivity index (χ0n) is 21.0. The van der Waals surface area contributed by atoms with Crippen LogP contribution in [0.2, 0.25) is 0 Å². The molecule has 1 N–H and O–H groups in total. The largest absolute Gasteiger partial charge is 0.493 e. The summed E-state index contributed by atoms with van der Waals surface area (Å²) in [5, 5.41) is 11.8. The Kier molecular flexibility index (Phi) is 8.34. The maximum Gasteiger partial charge on any atom is 0.273 e. The third kappa shape index (κ3) is 6.42. The van der Waals surface area contributed by atoms with Gasteiger partial charge < -0.3 is 14.8 Å². The van der Waals surface area contributed by atoms with Gasteiger partial charge in [0.25, 0.3) is 5.91 Å². The van der Waals surface area contributed by atoms with Gasteiger partial charge in [-0.3, -0.25) is 4.79 Å². The van der Waals surface area contributed by atoms with Crippen LogP contribution in [0, 0.1) is 19.7 Å². The highest BCUT2D eigenvalue weighted by Crippen LogP contribution is 2.28. The fourth-order valence-electron chi connectivity index (χ4n) is 3.73. The first kappa shape index (κ1) is 26.1. The number of rotatable bonds is 10. The second-order valence-corrected chi connectivity index (χ2v) is 9.13. The maximum absolute atomic E-state index is 13.5. The van der Waals surface area contributed by atoms with E-state index in [1.807, 2.05) is 38.1 Å². The molecule has 0 radical (unpaired) electrons. The molecular weight excluding hydrogens is 495 g/mol. The lowest BCUT2D eigenvalue weighted by Crippen LogP contribution is -2.27. The van der Waals surface area contributed by atoms with Crippen LogP contribution in [-0.2, 0) is 12.2 Å². The molecule has 2 heterocycles. The van der Waals surface area contributed by atoms with Gasteiger partial charge in [0.1, 0.15) is 5.82 Å². The number of benzene rings is 2. The average molecular weight is 523 g/mol. The number of amides is 1. The highest BCUT2D eigenvalue weighted by atomic mass is 32.2. The number of nitrogens with one attached hydrogen (secondary N) is 1. The predicted molar refractivity (Wildman–Crippen MR) is 138 cm³/mol. The first-order valence-corrected chi connectivity index (χ1v) is 12.5. The number of aromatic nitrogens is 5. The van der Waals surface area contributed by atoms with Gasteiger partial charge in [-0.05, 0) is 68.3 Å². The highest BCUT2D eigenvalue weighted by molar-refractivity contribution is 7.98. The standard InChI is InChI=1S/C26H27FN6O3S/c1-16-13-17(2)30-26(29-16)37-15-21-24(31-32-33(21)20-8-6-19(27)7-9-20)25(34)28-12-11-18-5-10-22(35-3)23(14-18)36-4/h5-10,13-14H,11-12,15H2,1-4H3,(H,28,34). The molecule has 0 saturated carbocycles. The second kappa shape index (κ2) is 11.8. The number of halogens is 1. The van der Waals surface area contributed by atoms with E-state index in [9.17, 15) is 9.18 Å². The average Bonchev–Trinajstić information content (AvgIpc) is 3.31. The maximum atomic E-state index is 13.5. The van der Waals surface area contributed by atoms with Gasteiger partial charge in [0.15, 0.2) is 22.3 Å². The minimum Gasteiger partial charge on any atom is -0.493 e. The Balaban J connectivity index is 1.52. The van der Waals surface area contributed by atoms with Gasteiger partial charge in [0.05, 0.1) is 25.6 Å². The minimum absolute atomic E-state index is 0.188. The number of hydrogen-bond acceptors (Lipinski definition) is 8. The molecule has 0 bridgehead atoms. The Morgan fingerprint density at radius 2 is 1.70 bits per heavy atom. The lowest BCUT2D eigenvalue weighted by Gasteiger charge is -2.10. The smallest absolute Gasteiger partial charge is 0.273 e. The summed E-state index contributed by atoms with van der Waals surface area (Å²) in [7, 11) is 3.16. The van der Waals surface area contributed by atoms with Crippen molar-refractivity contribution in [3.63, 3.8) is 0 Å². The van der Waals surface area contributed by atoms with E-state index in [1.54, 1.807) is 31.0 Å². The van der Waals surface area contributed by atoms with E-state index in [-0.39, 0.29) is 17.4 Å². The summed E-state index contributed by atoms with van der Waals surface area (Å²) in [6, 6.07) is 13.4. The molecule has 0 aliphatic heterocycles. The Morgan fingerprint density at radius 1 is 1.00 bits per heavy atom. The van der Waals surface area contributed by atoms with Crippen molar-refractivity contribution in [1.29, 1.82) is 0 Å². The molecule has 2 aromatic carbocycles. The summed E-state index contributed by atoms with van der Waals surface area (Å²) in [6.07, 6.45) is 0.582. The molecule has 192 valence electrons. The van der Waals surface area contributed by atoms with Crippen LogP contribution in [-0.4, -0.2) is 51.6 Å². The van der Waals surface area contributed by atoms with Crippen molar-refractivity contribution in [1.82, 2.24) is 30.3 Å².